The number of aromatic amines is 1. The summed E-state index contributed by atoms with van der Waals surface area (Å²) < 4.78 is 25.2. The standard InChI is InChI=1S/C15H13N3O2S2/c1-22(19,20)13-9-7-12(8-10-13)18-14(16-15(21)17-18)11-5-3-2-4-6-11/h2-10H,1H3,(H,17,21). The molecular weight excluding hydrogens is 318 g/mol. The SMILES string of the molecule is CS(=O)(=O)c1ccc(-n2[nH]c(=S)nc2-c2ccccc2)cc1. The maximum atomic E-state index is 11.5. The average Bonchev–Trinajstić information content (AvgIpc) is 2.89. The minimum atomic E-state index is -3.21. The Labute approximate surface area is 133 Å². The highest BCUT2D eigenvalue weighted by molar-refractivity contribution is 7.90. The van der Waals surface area contributed by atoms with E-state index < -0.39 is 9.84 Å². The van der Waals surface area contributed by atoms with Crippen molar-refractivity contribution in [2.75, 3.05) is 6.26 Å². The van der Waals surface area contributed by atoms with E-state index in [0.717, 1.165) is 11.3 Å². The molecule has 3 aromatic rings. The van der Waals surface area contributed by atoms with Crippen LogP contribution in [0.5, 0.6) is 0 Å². The number of aromatic nitrogens is 3. The van der Waals surface area contributed by atoms with Crippen LogP contribution < -0.4 is 0 Å². The van der Waals surface area contributed by atoms with E-state index in [1.54, 1.807) is 28.9 Å². The van der Waals surface area contributed by atoms with Crippen LogP contribution in [0.15, 0.2) is 59.5 Å². The minimum Gasteiger partial charge on any atom is -0.266 e. The van der Waals surface area contributed by atoms with Crippen molar-refractivity contribution in [3.63, 3.8) is 0 Å². The second-order valence-corrected chi connectivity index (χ2v) is 7.22. The fourth-order valence-corrected chi connectivity index (χ4v) is 2.94. The maximum absolute atomic E-state index is 11.5. The van der Waals surface area contributed by atoms with Crippen molar-refractivity contribution in [2.45, 2.75) is 4.90 Å². The summed E-state index contributed by atoms with van der Waals surface area (Å²) >= 11 is 5.12. The molecule has 1 heterocycles. The van der Waals surface area contributed by atoms with Crippen LogP contribution in [0.4, 0.5) is 0 Å². The van der Waals surface area contributed by atoms with Crippen LogP contribution in [-0.2, 0) is 9.84 Å². The van der Waals surface area contributed by atoms with E-state index in [9.17, 15) is 8.42 Å². The van der Waals surface area contributed by atoms with Gasteiger partial charge in [-0.25, -0.2) is 13.1 Å². The highest BCUT2D eigenvalue weighted by Crippen LogP contribution is 2.21. The Hall–Kier alpha value is -2.25. The maximum Gasteiger partial charge on any atom is 0.214 e. The Morgan fingerprint density at radius 3 is 2.27 bits per heavy atom. The number of sulfone groups is 1. The summed E-state index contributed by atoms with van der Waals surface area (Å²) in [6.07, 6.45) is 1.18. The van der Waals surface area contributed by atoms with Gasteiger partial charge in [0.05, 0.1) is 10.6 Å². The number of hydrogen-bond acceptors (Lipinski definition) is 4. The third-order valence-electron chi connectivity index (χ3n) is 3.18. The zero-order valence-electron chi connectivity index (χ0n) is 11.7. The predicted molar refractivity (Wildman–Crippen MR) is 87.3 cm³/mol. The molecule has 3 rings (SSSR count). The summed E-state index contributed by atoms with van der Waals surface area (Å²) in [6.45, 7) is 0. The normalized spacial score (nSPS) is 11.5. The lowest BCUT2D eigenvalue weighted by atomic mass is 10.2. The molecule has 0 amide bonds. The first-order valence-electron chi connectivity index (χ1n) is 6.50. The molecule has 0 saturated carbocycles. The van der Waals surface area contributed by atoms with E-state index >= 15 is 0 Å². The van der Waals surface area contributed by atoms with Crippen LogP contribution in [0, 0.1) is 4.77 Å². The van der Waals surface area contributed by atoms with Gasteiger partial charge in [-0.1, -0.05) is 30.3 Å². The van der Waals surface area contributed by atoms with E-state index in [1.807, 2.05) is 30.3 Å². The van der Waals surface area contributed by atoms with Gasteiger partial charge in [0.25, 0.3) is 0 Å². The molecule has 0 saturated heterocycles. The first-order chi connectivity index (χ1) is 10.4. The molecular formula is C15H13N3O2S2. The molecule has 0 bridgehead atoms. The smallest absolute Gasteiger partial charge is 0.214 e. The Morgan fingerprint density at radius 2 is 1.68 bits per heavy atom. The quantitative estimate of drug-likeness (QED) is 0.749. The Bertz CT molecular complexity index is 956. The molecule has 7 heteroatoms. The molecule has 2 aromatic carbocycles. The topological polar surface area (TPSA) is 67.8 Å². The van der Waals surface area contributed by atoms with Gasteiger partial charge in [-0.3, -0.25) is 5.10 Å². The van der Waals surface area contributed by atoms with Gasteiger partial charge >= 0.3 is 0 Å². The number of hydrogen-bond donors (Lipinski definition) is 1. The van der Waals surface area contributed by atoms with Crippen molar-refractivity contribution in [3.05, 3.63) is 59.4 Å². The van der Waals surface area contributed by atoms with Crippen molar-refractivity contribution in [3.8, 4) is 17.1 Å². The summed E-state index contributed by atoms with van der Waals surface area (Å²) in [5.74, 6) is 0.678. The van der Waals surface area contributed by atoms with E-state index in [1.165, 1.54) is 6.26 Å². The molecule has 0 unspecified atom stereocenters. The number of benzene rings is 2. The second kappa shape index (κ2) is 5.51. The summed E-state index contributed by atoms with van der Waals surface area (Å²) in [5.41, 5.74) is 1.68. The van der Waals surface area contributed by atoms with Gasteiger partial charge in [-0.2, -0.15) is 4.98 Å². The molecule has 1 aromatic heterocycles. The number of H-pyrrole nitrogens is 1. The lowest BCUT2D eigenvalue weighted by Crippen LogP contribution is -2.01. The molecule has 0 radical (unpaired) electrons. The monoisotopic (exact) mass is 331 g/mol. The van der Waals surface area contributed by atoms with Crippen LogP contribution in [-0.4, -0.2) is 29.4 Å². The lowest BCUT2D eigenvalue weighted by Gasteiger charge is -2.08. The van der Waals surface area contributed by atoms with Crippen LogP contribution in [0.1, 0.15) is 0 Å². The second-order valence-electron chi connectivity index (χ2n) is 4.82. The van der Waals surface area contributed by atoms with Crippen LogP contribution >= 0.6 is 12.2 Å². The molecule has 5 nitrogen and oxygen atoms in total. The summed E-state index contributed by atoms with van der Waals surface area (Å²) in [6, 6.07) is 16.2. The van der Waals surface area contributed by atoms with Gasteiger partial charge in [-0.15, -0.1) is 0 Å². The van der Waals surface area contributed by atoms with Gasteiger partial charge < -0.3 is 0 Å². The molecule has 0 atom stereocenters. The first-order valence-corrected chi connectivity index (χ1v) is 8.80. The predicted octanol–water partition coefficient (Wildman–Crippen LogP) is 3.00. The van der Waals surface area contributed by atoms with Gasteiger partial charge in [0.15, 0.2) is 15.7 Å². The Kier molecular flexibility index (Phi) is 3.67. The van der Waals surface area contributed by atoms with Crippen molar-refractivity contribution < 1.29 is 8.42 Å². The third kappa shape index (κ3) is 2.86. The van der Waals surface area contributed by atoms with Crippen LogP contribution in [0.3, 0.4) is 0 Å². The van der Waals surface area contributed by atoms with E-state index in [4.69, 9.17) is 12.2 Å². The molecule has 112 valence electrons. The van der Waals surface area contributed by atoms with Crippen LogP contribution in [0.25, 0.3) is 17.1 Å². The minimum absolute atomic E-state index is 0.274. The Morgan fingerprint density at radius 1 is 1.05 bits per heavy atom. The molecule has 0 spiro atoms. The zero-order chi connectivity index (χ0) is 15.7. The van der Waals surface area contributed by atoms with Crippen LogP contribution in [0.2, 0.25) is 0 Å². The number of nitrogens with one attached hydrogen (secondary N) is 1. The number of nitrogens with zero attached hydrogens (tertiary/aromatic N) is 2. The fourth-order valence-electron chi connectivity index (χ4n) is 2.13. The van der Waals surface area contributed by atoms with E-state index in [2.05, 4.69) is 10.1 Å². The van der Waals surface area contributed by atoms with Gasteiger partial charge in [-0.05, 0) is 36.5 Å². The Balaban J connectivity index is 2.12. The highest BCUT2D eigenvalue weighted by Gasteiger charge is 2.11. The lowest BCUT2D eigenvalue weighted by molar-refractivity contribution is 0.602. The van der Waals surface area contributed by atoms with E-state index in [0.29, 0.717) is 10.6 Å². The molecule has 0 aliphatic heterocycles. The third-order valence-corrected chi connectivity index (χ3v) is 4.49. The first kappa shape index (κ1) is 14.7. The van der Waals surface area contributed by atoms with E-state index in [-0.39, 0.29) is 4.90 Å². The largest absolute Gasteiger partial charge is 0.266 e. The molecule has 0 aliphatic carbocycles. The zero-order valence-corrected chi connectivity index (χ0v) is 13.4. The van der Waals surface area contributed by atoms with Crippen molar-refractivity contribution in [2.24, 2.45) is 0 Å². The van der Waals surface area contributed by atoms with Gasteiger partial charge in [0.1, 0.15) is 0 Å². The van der Waals surface area contributed by atoms with Crippen molar-refractivity contribution in [1.29, 1.82) is 0 Å². The average molecular weight is 331 g/mol. The summed E-state index contributed by atoms with van der Waals surface area (Å²) in [5, 5.41) is 2.99. The van der Waals surface area contributed by atoms with Crippen molar-refractivity contribution in [1.82, 2.24) is 14.8 Å². The van der Waals surface area contributed by atoms with Gasteiger partial charge in [0.2, 0.25) is 4.77 Å². The number of rotatable bonds is 3. The van der Waals surface area contributed by atoms with Gasteiger partial charge in [0, 0.05) is 11.8 Å². The molecule has 1 N–H and O–H groups in total. The molecule has 0 aliphatic rings. The summed E-state index contributed by atoms with van der Waals surface area (Å²) in [7, 11) is -3.21. The molecule has 0 fully saturated rings. The molecule has 22 heavy (non-hydrogen) atoms. The summed E-state index contributed by atoms with van der Waals surface area (Å²) in [4.78, 5) is 4.61. The fraction of sp³-hybridized carbons (Fsp3) is 0.0667. The van der Waals surface area contributed by atoms with Crippen molar-refractivity contribution >= 4 is 22.1 Å². The highest BCUT2D eigenvalue weighted by atomic mass is 32.2.